The molecule has 1 unspecified atom stereocenters. The molecular weight excluding hydrogens is 246 g/mol. The van der Waals surface area contributed by atoms with Crippen LogP contribution in [-0.4, -0.2) is 11.3 Å². The molecule has 1 aromatic carbocycles. The van der Waals surface area contributed by atoms with E-state index in [4.69, 9.17) is 0 Å². The van der Waals surface area contributed by atoms with E-state index in [9.17, 15) is 4.79 Å². The Morgan fingerprint density at radius 1 is 1.15 bits per heavy atom. The molecule has 2 nitrogen and oxygen atoms in total. The van der Waals surface area contributed by atoms with Crippen molar-refractivity contribution in [1.29, 1.82) is 0 Å². The SMILES string of the molecule is CCCC(CC)c1ccc(-c2cc(C=O)ccn2)cc1. The third kappa shape index (κ3) is 3.32. The van der Waals surface area contributed by atoms with Crippen molar-refractivity contribution >= 4 is 6.29 Å². The van der Waals surface area contributed by atoms with Gasteiger partial charge in [-0.1, -0.05) is 44.5 Å². The molecule has 0 saturated carbocycles. The fourth-order valence-corrected chi connectivity index (χ4v) is 2.56. The van der Waals surface area contributed by atoms with Crippen LogP contribution in [-0.2, 0) is 0 Å². The summed E-state index contributed by atoms with van der Waals surface area (Å²) in [6.45, 7) is 4.47. The van der Waals surface area contributed by atoms with Crippen molar-refractivity contribution in [1.82, 2.24) is 4.98 Å². The van der Waals surface area contributed by atoms with Gasteiger partial charge in [-0.15, -0.1) is 0 Å². The Morgan fingerprint density at radius 2 is 1.90 bits per heavy atom. The molecule has 0 radical (unpaired) electrons. The first kappa shape index (κ1) is 14.4. The molecule has 0 bridgehead atoms. The number of benzene rings is 1. The molecule has 0 fully saturated rings. The van der Waals surface area contributed by atoms with E-state index in [1.54, 1.807) is 12.3 Å². The summed E-state index contributed by atoms with van der Waals surface area (Å²) in [7, 11) is 0. The van der Waals surface area contributed by atoms with E-state index in [0.29, 0.717) is 11.5 Å². The van der Waals surface area contributed by atoms with Gasteiger partial charge in [-0.2, -0.15) is 0 Å². The van der Waals surface area contributed by atoms with Crippen molar-refractivity contribution in [3.63, 3.8) is 0 Å². The van der Waals surface area contributed by atoms with E-state index < -0.39 is 0 Å². The topological polar surface area (TPSA) is 30.0 Å². The zero-order valence-electron chi connectivity index (χ0n) is 12.2. The third-order valence-electron chi connectivity index (χ3n) is 3.73. The van der Waals surface area contributed by atoms with Gasteiger partial charge in [-0.25, -0.2) is 0 Å². The van der Waals surface area contributed by atoms with Crippen LogP contribution in [0.2, 0.25) is 0 Å². The molecule has 0 saturated heterocycles. The van der Waals surface area contributed by atoms with Crippen LogP contribution >= 0.6 is 0 Å². The molecule has 0 aliphatic carbocycles. The zero-order chi connectivity index (χ0) is 14.4. The lowest BCUT2D eigenvalue weighted by Crippen LogP contribution is -1.96. The Hall–Kier alpha value is -1.96. The molecule has 2 heteroatoms. The van der Waals surface area contributed by atoms with Crippen molar-refractivity contribution in [2.45, 2.75) is 39.0 Å². The minimum atomic E-state index is 0.642. The average Bonchev–Trinajstić information content (AvgIpc) is 2.53. The van der Waals surface area contributed by atoms with Crippen LogP contribution in [0.15, 0.2) is 42.6 Å². The highest BCUT2D eigenvalue weighted by Gasteiger charge is 2.08. The number of nitrogens with zero attached hydrogens (tertiary/aromatic N) is 1. The summed E-state index contributed by atoms with van der Waals surface area (Å²) in [6, 6.07) is 12.1. The van der Waals surface area contributed by atoms with E-state index in [2.05, 4.69) is 43.1 Å². The number of hydrogen-bond donors (Lipinski definition) is 0. The summed E-state index contributed by atoms with van der Waals surface area (Å²) in [6.07, 6.45) is 6.15. The fourth-order valence-electron chi connectivity index (χ4n) is 2.56. The third-order valence-corrected chi connectivity index (χ3v) is 3.73. The van der Waals surface area contributed by atoms with E-state index in [1.165, 1.54) is 24.8 Å². The molecule has 0 spiro atoms. The maximum Gasteiger partial charge on any atom is 0.150 e. The van der Waals surface area contributed by atoms with Gasteiger partial charge in [-0.05, 0) is 36.5 Å². The lowest BCUT2D eigenvalue weighted by molar-refractivity contribution is 0.112. The molecule has 1 aromatic heterocycles. The number of rotatable bonds is 6. The Labute approximate surface area is 120 Å². The molecule has 0 aliphatic heterocycles. The van der Waals surface area contributed by atoms with Crippen LogP contribution in [0.1, 0.15) is 54.9 Å². The van der Waals surface area contributed by atoms with Gasteiger partial charge < -0.3 is 0 Å². The normalized spacial score (nSPS) is 12.1. The van der Waals surface area contributed by atoms with Crippen LogP contribution in [0.3, 0.4) is 0 Å². The van der Waals surface area contributed by atoms with Gasteiger partial charge in [0.15, 0.2) is 0 Å². The van der Waals surface area contributed by atoms with Crippen LogP contribution in [0.5, 0.6) is 0 Å². The van der Waals surface area contributed by atoms with E-state index in [-0.39, 0.29) is 0 Å². The number of carbonyl (C=O) groups excluding carboxylic acids is 1. The van der Waals surface area contributed by atoms with Gasteiger partial charge >= 0.3 is 0 Å². The maximum absolute atomic E-state index is 10.8. The molecule has 104 valence electrons. The summed E-state index contributed by atoms with van der Waals surface area (Å²) in [5.41, 5.74) is 3.97. The second-order valence-electron chi connectivity index (χ2n) is 5.11. The first-order chi connectivity index (χ1) is 9.78. The molecule has 2 aromatic rings. The fraction of sp³-hybridized carbons (Fsp3) is 0.333. The molecular formula is C18H21NO. The highest BCUT2D eigenvalue weighted by molar-refractivity contribution is 5.77. The predicted molar refractivity (Wildman–Crippen MR) is 83.0 cm³/mol. The molecule has 20 heavy (non-hydrogen) atoms. The first-order valence-electron chi connectivity index (χ1n) is 7.30. The first-order valence-corrected chi connectivity index (χ1v) is 7.30. The van der Waals surface area contributed by atoms with Crippen LogP contribution < -0.4 is 0 Å². The minimum absolute atomic E-state index is 0.642. The standard InChI is InChI=1S/C18H21NO/c1-3-5-15(4-2)16-6-8-17(9-7-16)18-12-14(13-20)10-11-19-18/h6-13,15H,3-5H2,1-2H3. The van der Waals surface area contributed by atoms with E-state index >= 15 is 0 Å². The zero-order valence-corrected chi connectivity index (χ0v) is 12.2. The molecule has 0 aliphatic rings. The number of hydrogen-bond acceptors (Lipinski definition) is 2. The van der Waals surface area contributed by atoms with Crippen LogP contribution in [0.25, 0.3) is 11.3 Å². The van der Waals surface area contributed by atoms with Crippen molar-refractivity contribution in [2.24, 2.45) is 0 Å². The summed E-state index contributed by atoms with van der Waals surface area (Å²) in [5.74, 6) is 0.642. The van der Waals surface area contributed by atoms with Gasteiger partial charge in [0.1, 0.15) is 6.29 Å². The largest absolute Gasteiger partial charge is 0.298 e. The average molecular weight is 267 g/mol. The molecule has 0 N–H and O–H groups in total. The van der Waals surface area contributed by atoms with Gasteiger partial charge in [0.2, 0.25) is 0 Å². The van der Waals surface area contributed by atoms with Crippen LogP contribution in [0, 0.1) is 0 Å². The van der Waals surface area contributed by atoms with Crippen LogP contribution in [0.4, 0.5) is 0 Å². The summed E-state index contributed by atoms with van der Waals surface area (Å²) >= 11 is 0. The predicted octanol–water partition coefficient (Wildman–Crippen LogP) is 4.85. The highest BCUT2D eigenvalue weighted by Crippen LogP contribution is 2.27. The van der Waals surface area contributed by atoms with Gasteiger partial charge in [0, 0.05) is 17.3 Å². The van der Waals surface area contributed by atoms with Crippen molar-refractivity contribution in [3.05, 3.63) is 53.7 Å². The molecule has 1 atom stereocenters. The number of carbonyl (C=O) groups is 1. The lowest BCUT2D eigenvalue weighted by Gasteiger charge is -2.14. The quantitative estimate of drug-likeness (QED) is 0.700. The van der Waals surface area contributed by atoms with Gasteiger partial charge in [0.25, 0.3) is 0 Å². The minimum Gasteiger partial charge on any atom is -0.298 e. The maximum atomic E-state index is 10.8. The monoisotopic (exact) mass is 267 g/mol. The smallest absolute Gasteiger partial charge is 0.150 e. The van der Waals surface area contributed by atoms with E-state index in [1.807, 2.05) is 6.07 Å². The molecule has 2 rings (SSSR count). The number of aldehydes is 1. The highest BCUT2D eigenvalue weighted by atomic mass is 16.1. The summed E-state index contributed by atoms with van der Waals surface area (Å²) in [5, 5.41) is 0. The second-order valence-corrected chi connectivity index (χ2v) is 5.11. The van der Waals surface area contributed by atoms with Gasteiger partial charge in [-0.3, -0.25) is 9.78 Å². The Morgan fingerprint density at radius 3 is 2.50 bits per heavy atom. The summed E-state index contributed by atoms with van der Waals surface area (Å²) < 4.78 is 0. The summed E-state index contributed by atoms with van der Waals surface area (Å²) in [4.78, 5) is 15.1. The number of aromatic nitrogens is 1. The molecule has 1 heterocycles. The molecule has 0 amide bonds. The lowest BCUT2D eigenvalue weighted by atomic mass is 9.91. The Bertz CT molecular complexity index is 560. The van der Waals surface area contributed by atoms with Gasteiger partial charge in [0.05, 0.1) is 5.69 Å². The Balaban J connectivity index is 2.24. The van der Waals surface area contributed by atoms with Crippen molar-refractivity contribution < 1.29 is 4.79 Å². The Kier molecular flexibility index (Phi) is 5.05. The number of pyridine rings is 1. The van der Waals surface area contributed by atoms with E-state index in [0.717, 1.165) is 17.5 Å². The van der Waals surface area contributed by atoms with Crippen molar-refractivity contribution in [2.75, 3.05) is 0 Å². The van der Waals surface area contributed by atoms with Crippen molar-refractivity contribution in [3.8, 4) is 11.3 Å². The second kappa shape index (κ2) is 6.99.